The van der Waals surface area contributed by atoms with Crippen LogP contribution < -0.4 is 0 Å². The molecule has 4 heteroatoms. The van der Waals surface area contributed by atoms with Gasteiger partial charge in [-0.1, -0.05) is 20.3 Å². The molecule has 0 aromatic carbocycles. The Hall–Kier alpha value is -0.341. The molecule has 0 N–H and O–H groups in total. The van der Waals surface area contributed by atoms with Crippen molar-refractivity contribution >= 4 is 11.9 Å². The Morgan fingerprint density at radius 2 is 1.69 bits per heavy atom. The van der Waals surface area contributed by atoms with E-state index >= 15 is 0 Å². The van der Waals surface area contributed by atoms with E-state index in [9.17, 15) is 9.59 Å². The molecule has 0 unspecified atom stereocenters. The van der Waals surface area contributed by atoms with Crippen molar-refractivity contribution in [2.24, 2.45) is 0 Å². The summed E-state index contributed by atoms with van der Waals surface area (Å²) in [5, 5.41) is 0. The Labute approximate surface area is 90.7 Å². The molecule has 80 valence electrons. The summed E-state index contributed by atoms with van der Waals surface area (Å²) in [6.07, 6.45) is 2.53. The van der Waals surface area contributed by atoms with Gasteiger partial charge >= 0.3 is 11.9 Å². The molecule has 0 aliphatic carbocycles. The number of rotatable bonds is 2. The molecule has 0 aromatic rings. The molecule has 0 heterocycles. The van der Waals surface area contributed by atoms with E-state index < -0.39 is 11.9 Å². The van der Waals surface area contributed by atoms with Crippen LogP contribution in [0, 0.1) is 6.92 Å². The molecule has 0 aliphatic rings. The first-order valence-electron chi connectivity index (χ1n) is 4.08. The third kappa shape index (κ3) is 24.5. The van der Waals surface area contributed by atoms with Crippen LogP contribution >= 0.6 is 0 Å². The van der Waals surface area contributed by atoms with Gasteiger partial charge in [-0.3, -0.25) is 9.59 Å². The van der Waals surface area contributed by atoms with Crippen molar-refractivity contribution in [2.75, 3.05) is 0 Å². The van der Waals surface area contributed by atoms with Gasteiger partial charge in [0.2, 0.25) is 0 Å². The van der Waals surface area contributed by atoms with Crippen LogP contribution in [0.4, 0.5) is 0 Å². The molecule has 0 fully saturated rings. The van der Waals surface area contributed by atoms with Gasteiger partial charge in [-0.2, -0.15) is 6.42 Å². The zero-order chi connectivity index (χ0) is 9.98. The number of esters is 2. The minimum Gasteiger partial charge on any atom is -0.393 e. The largest absolute Gasteiger partial charge is 0.393 e. The predicted molar refractivity (Wildman–Crippen MR) is 47.3 cm³/mol. The van der Waals surface area contributed by atoms with E-state index in [4.69, 9.17) is 0 Å². The van der Waals surface area contributed by atoms with Gasteiger partial charge < -0.3 is 11.7 Å². The summed E-state index contributed by atoms with van der Waals surface area (Å²) in [4.78, 5) is 20.1. The maximum absolute atomic E-state index is 10.2. The SMILES string of the molecule is CCC(=O)OC(C)=O.[CH2-]CCC.[Fe]. The molecular formula is C9H17FeO3-. The molecule has 0 rings (SSSR count). The van der Waals surface area contributed by atoms with Gasteiger partial charge in [0.25, 0.3) is 0 Å². The first kappa shape index (κ1) is 18.4. The number of carbonyl (C=O) groups is 2. The Bertz CT molecular complexity index is 133. The van der Waals surface area contributed by atoms with Gasteiger partial charge in [-0.15, -0.1) is 0 Å². The van der Waals surface area contributed by atoms with Crippen molar-refractivity contribution in [2.45, 2.75) is 40.0 Å². The third-order valence-corrected chi connectivity index (χ3v) is 0.900. The summed E-state index contributed by atoms with van der Waals surface area (Å²) in [6, 6.07) is 0. The first-order chi connectivity index (χ1) is 5.58. The smallest absolute Gasteiger partial charge is 0.313 e. The van der Waals surface area contributed by atoms with E-state index in [1.54, 1.807) is 6.92 Å². The fourth-order valence-corrected chi connectivity index (χ4v) is 0.232. The Morgan fingerprint density at radius 1 is 1.31 bits per heavy atom. The van der Waals surface area contributed by atoms with Crippen molar-refractivity contribution in [3.63, 3.8) is 0 Å². The first-order valence-corrected chi connectivity index (χ1v) is 4.08. The summed E-state index contributed by atoms with van der Waals surface area (Å²) >= 11 is 0. The van der Waals surface area contributed by atoms with Gasteiger partial charge in [-0.25, -0.2) is 0 Å². The van der Waals surface area contributed by atoms with Crippen LogP contribution in [0.1, 0.15) is 40.0 Å². The second kappa shape index (κ2) is 14.2. The van der Waals surface area contributed by atoms with E-state index in [0.717, 1.165) is 6.42 Å². The number of unbranched alkanes of at least 4 members (excludes halogenated alkanes) is 1. The van der Waals surface area contributed by atoms with E-state index in [1.807, 2.05) is 0 Å². The van der Waals surface area contributed by atoms with Crippen molar-refractivity contribution in [1.82, 2.24) is 0 Å². The van der Waals surface area contributed by atoms with Crippen LogP contribution in [0.5, 0.6) is 0 Å². The number of carbonyl (C=O) groups excluding carboxylic acids is 2. The zero-order valence-corrected chi connectivity index (χ0v) is 9.51. The predicted octanol–water partition coefficient (Wildman–Crippen LogP) is 2.10. The van der Waals surface area contributed by atoms with Gasteiger partial charge in [0.15, 0.2) is 0 Å². The number of ether oxygens (including phenoxy) is 1. The average molecular weight is 229 g/mol. The molecule has 0 aliphatic heterocycles. The second-order valence-electron chi connectivity index (χ2n) is 2.17. The van der Waals surface area contributed by atoms with Crippen LogP contribution in [-0.2, 0) is 31.4 Å². The fraction of sp³-hybridized carbons (Fsp3) is 0.667. The monoisotopic (exact) mass is 229 g/mol. The minimum absolute atomic E-state index is 0. The molecular weight excluding hydrogens is 212 g/mol. The van der Waals surface area contributed by atoms with Gasteiger partial charge in [0.1, 0.15) is 0 Å². The molecule has 0 spiro atoms. The fourth-order valence-electron chi connectivity index (χ4n) is 0.232. The summed E-state index contributed by atoms with van der Waals surface area (Å²) < 4.78 is 4.12. The molecule has 0 atom stereocenters. The number of hydrogen-bond acceptors (Lipinski definition) is 3. The third-order valence-electron chi connectivity index (χ3n) is 0.900. The molecule has 0 amide bonds. The molecule has 0 aromatic heterocycles. The standard InChI is InChI=1S/C5H8O3.C4H9.Fe/c1-3-5(7)8-4(2)6;1-3-4-2;/h3H2,1-2H3;1,3-4H2,2H3;/q;-1;. The van der Waals surface area contributed by atoms with Crippen LogP contribution in [0.15, 0.2) is 0 Å². The van der Waals surface area contributed by atoms with Crippen LogP contribution in [0.2, 0.25) is 0 Å². The molecule has 0 saturated carbocycles. The second-order valence-corrected chi connectivity index (χ2v) is 2.17. The normalized spacial score (nSPS) is 7.38. The molecule has 0 saturated heterocycles. The maximum Gasteiger partial charge on any atom is 0.313 e. The summed E-state index contributed by atoms with van der Waals surface area (Å²) in [6.45, 7) is 8.55. The van der Waals surface area contributed by atoms with E-state index in [2.05, 4.69) is 18.6 Å². The van der Waals surface area contributed by atoms with Crippen molar-refractivity contribution < 1.29 is 31.4 Å². The average Bonchev–Trinajstić information content (AvgIpc) is 2.04. The summed E-state index contributed by atoms with van der Waals surface area (Å²) in [7, 11) is 0. The van der Waals surface area contributed by atoms with Gasteiger partial charge in [0, 0.05) is 30.4 Å². The van der Waals surface area contributed by atoms with Crippen molar-refractivity contribution in [3.8, 4) is 0 Å². The Kier molecular flexibility index (Phi) is 20.1. The topological polar surface area (TPSA) is 43.4 Å². The molecule has 0 radical (unpaired) electrons. The van der Waals surface area contributed by atoms with E-state index in [0.29, 0.717) is 0 Å². The van der Waals surface area contributed by atoms with Crippen molar-refractivity contribution in [3.05, 3.63) is 6.92 Å². The van der Waals surface area contributed by atoms with Gasteiger partial charge in [0.05, 0.1) is 0 Å². The van der Waals surface area contributed by atoms with E-state index in [-0.39, 0.29) is 23.5 Å². The van der Waals surface area contributed by atoms with Crippen LogP contribution in [0.3, 0.4) is 0 Å². The van der Waals surface area contributed by atoms with Gasteiger partial charge in [-0.05, 0) is 0 Å². The summed E-state index contributed by atoms with van der Waals surface area (Å²) in [5.74, 6) is -1.02. The summed E-state index contributed by atoms with van der Waals surface area (Å²) in [5.41, 5.74) is 0. The van der Waals surface area contributed by atoms with Crippen LogP contribution in [-0.4, -0.2) is 11.9 Å². The van der Waals surface area contributed by atoms with Crippen LogP contribution in [0.25, 0.3) is 0 Å². The quantitative estimate of drug-likeness (QED) is 0.315. The maximum atomic E-state index is 10.2. The van der Waals surface area contributed by atoms with Crippen molar-refractivity contribution in [1.29, 1.82) is 0 Å². The molecule has 0 bridgehead atoms. The minimum atomic E-state index is -0.545. The molecule has 3 nitrogen and oxygen atoms in total. The Morgan fingerprint density at radius 3 is 1.77 bits per heavy atom. The molecule has 13 heavy (non-hydrogen) atoms. The Balaban J connectivity index is -0.000000173. The zero-order valence-electron chi connectivity index (χ0n) is 8.41. The van der Waals surface area contributed by atoms with E-state index in [1.165, 1.54) is 13.3 Å². The number of hydrogen-bond donors (Lipinski definition) is 0.